The molecule has 1 aromatic rings. The van der Waals surface area contributed by atoms with Crippen LogP contribution in [0.15, 0.2) is 21.9 Å². The number of nitrogens with zero attached hydrogens (tertiary/aromatic N) is 1. The van der Waals surface area contributed by atoms with Crippen molar-refractivity contribution in [3.8, 4) is 0 Å². The lowest BCUT2D eigenvalue weighted by molar-refractivity contribution is -0.117. The maximum absolute atomic E-state index is 11.4. The summed E-state index contributed by atoms with van der Waals surface area (Å²) >= 11 is 0. The van der Waals surface area contributed by atoms with E-state index in [0.717, 1.165) is 0 Å². The molecule has 0 aliphatic carbocycles. The van der Waals surface area contributed by atoms with Gasteiger partial charge in [-0.2, -0.15) is 0 Å². The molecule has 6 nitrogen and oxygen atoms in total. The Hall–Kier alpha value is -1.69. The first-order valence-electron chi connectivity index (χ1n) is 4.99. The van der Waals surface area contributed by atoms with Crippen molar-refractivity contribution < 1.29 is 4.79 Å². The van der Waals surface area contributed by atoms with Crippen molar-refractivity contribution in [2.75, 3.05) is 7.05 Å². The zero-order valence-corrected chi connectivity index (χ0v) is 9.32. The zero-order chi connectivity index (χ0) is 12.1. The average Bonchev–Trinajstić information content (AvgIpc) is 2.20. The monoisotopic (exact) mass is 225 g/mol. The summed E-state index contributed by atoms with van der Waals surface area (Å²) in [5.41, 5.74) is -0.884. The second-order valence-electron chi connectivity index (χ2n) is 3.65. The van der Waals surface area contributed by atoms with Gasteiger partial charge in [0.2, 0.25) is 0 Å². The Morgan fingerprint density at radius 1 is 1.56 bits per heavy atom. The Morgan fingerprint density at radius 3 is 2.75 bits per heavy atom. The third kappa shape index (κ3) is 3.47. The number of aromatic amines is 1. The van der Waals surface area contributed by atoms with Gasteiger partial charge in [-0.3, -0.25) is 19.1 Å². The first-order chi connectivity index (χ1) is 7.52. The van der Waals surface area contributed by atoms with Crippen molar-refractivity contribution in [3.05, 3.63) is 33.1 Å². The minimum absolute atomic E-state index is 0.0526. The molecule has 0 unspecified atom stereocenters. The van der Waals surface area contributed by atoms with Crippen molar-refractivity contribution in [3.63, 3.8) is 0 Å². The Bertz CT molecular complexity index is 475. The molecule has 0 aromatic carbocycles. The molecule has 1 rings (SSSR count). The lowest BCUT2D eigenvalue weighted by atomic mass is 10.1. The molecule has 0 aliphatic heterocycles. The summed E-state index contributed by atoms with van der Waals surface area (Å²) in [6.45, 7) is 1.85. The van der Waals surface area contributed by atoms with Crippen LogP contribution in [0.3, 0.4) is 0 Å². The number of hydrogen-bond acceptors (Lipinski definition) is 4. The SMILES string of the molecule is CN[C@H](CC(C)=O)Cn1ccc(=O)[nH]c1=O. The quantitative estimate of drug-likeness (QED) is 0.680. The topological polar surface area (TPSA) is 84.0 Å². The van der Waals surface area contributed by atoms with Gasteiger partial charge in [0, 0.05) is 31.3 Å². The smallest absolute Gasteiger partial charge is 0.315 e. The van der Waals surface area contributed by atoms with Gasteiger partial charge in [-0.15, -0.1) is 0 Å². The summed E-state index contributed by atoms with van der Waals surface area (Å²) in [7, 11) is 1.73. The van der Waals surface area contributed by atoms with Gasteiger partial charge in [0.05, 0.1) is 0 Å². The molecule has 6 heteroatoms. The maximum Gasteiger partial charge on any atom is 0.328 e. The lowest BCUT2D eigenvalue weighted by Crippen LogP contribution is -2.38. The molecule has 16 heavy (non-hydrogen) atoms. The number of carbonyl (C=O) groups excluding carboxylic acids is 1. The first-order valence-corrected chi connectivity index (χ1v) is 4.99. The summed E-state index contributed by atoms with van der Waals surface area (Å²) in [4.78, 5) is 35.3. The van der Waals surface area contributed by atoms with Gasteiger partial charge >= 0.3 is 5.69 Å². The molecule has 1 atom stereocenters. The van der Waals surface area contributed by atoms with Crippen molar-refractivity contribution >= 4 is 5.78 Å². The summed E-state index contributed by atoms with van der Waals surface area (Å²) < 4.78 is 1.37. The van der Waals surface area contributed by atoms with Crippen LogP contribution in [0.2, 0.25) is 0 Å². The van der Waals surface area contributed by atoms with E-state index in [0.29, 0.717) is 13.0 Å². The normalized spacial score (nSPS) is 12.4. The molecule has 0 amide bonds. The molecule has 88 valence electrons. The average molecular weight is 225 g/mol. The number of ketones is 1. The highest BCUT2D eigenvalue weighted by molar-refractivity contribution is 5.76. The summed E-state index contributed by atoms with van der Waals surface area (Å²) in [6.07, 6.45) is 1.77. The van der Waals surface area contributed by atoms with Crippen LogP contribution < -0.4 is 16.6 Å². The second kappa shape index (κ2) is 5.41. The molecule has 1 aromatic heterocycles. The minimum atomic E-state index is -0.462. The molecule has 0 bridgehead atoms. The third-order valence-corrected chi connectivity index (χ3v) is 2.26. The van der Waals surface area contributed by atoms with Crippen LogP contribution in [0.5, 0.6) is 0 Å². The van der Waals surface area contributed by atoms with Crippen LogP contribution in [0, 0.1) is 0 Å². The molecule has 0 saturated heterocycles. The van der Waals surface area contributed by atoms with E-state index >= 15 is 0 Å². The molecule has 0 aliphatic rings. The van der Waals surface area contributed by atoms with Crippen molar-refractivity contribution in [2.24, 2.45) is 0 Å². The van der Waals surface area contributed by atoms with E-state index in [1.165, 1.54) is 23.8 Å². The van der Waals surface area contributed by atoms with Crippen LogP contribution >= 0.6 is 0 Å². The number of H-pyrrole nitrogens is 1. The maximum atomic E-state index is 11.4. The van der Waals surface area contributed by atoms with E-state index in [1.807, 2.05) is 0 Å². The van der Waals surface area contributed by atoms with E-state index in [2.05, 4.69) is 10.3 Å². The number of carbonyl (C=O) groups is 1. The van der Waals surface area contributed by atoms with E-state index in [4.69, 9.17) is 0 Å². The minimum Gasteiger partial charge on any atom is -0.315 e. The fraction of sp³-hybridized carbons (Fsp3) is 0.500. The summed E-state index contributed by atoms with van der Waals surface area (Å²) in [5, 5.41) is 2.95. The molecule has 0 radical (unpaired) electrons. The third-order valence-electron chi connectivity index (χ3n) is 2.26. The Kier molecular flexibility index (Phi) is 4.19. The zero-order valence-electron chi connectivity index (χ0n) is 9.32. The fourth-order valence-corrected chi connectivity index (χ4v) is 1.43. The number of aromatic nitrogens is 2. The second-order valence-corrected chi connectivity index (χ2v) is 3.65. The fourth-order valence-electron chi connectivity index (χ4n) is 1.43. The predicted octanol–water partition coefficient (Wildman–Crippen LogP) is -0.896. The number of hydrogen-bond donors (Lipinski definition) is 2. The Balaban J connectivity index is 2.82. The molecule has 1 heterocycles. The van der Waals surface area contributed by atoms with Gasteiger partial charge in [0.25, 0.3) is 5.56 Å². The van der Waals surface area contributed by atoms with E-state index in [9.17, 15) is 14.4 Å². The van der Waals surface area contributed by atoms with Crippen LogP contribution in [0.1, 0.15) is 13.3 Å². The van der Waals surface area contributed by atoms with Crippen LogP contribution in [0.4, 0.5) is 0 Å². The highest BCUT2D eigenvalue weighted by Gasteiger charge is 2.10. The highest BCUT2D eigenvalue weighted by Crippen LogP contribution is 1.95. The van der Waals surface area contributed by atoms with Crippen LogP contribution in [0.25, 0.3) is 0 Å². The van der Waals surface area contributed by atoms with Gasteiger partial charge < -0.3 is 5.32 Å². The number of nitrogens with one attached hydrogen (secondary N) is 2. The Morgan fingerprint density at radius 2 is 2.25 bits per heavy atom. The molecular formula is C10H15N3O3. The molecule has 2 N–H and O–H groups in total. The number of likely N-dealkylation sites (N-methyl/N-ethyl adjacent to an activating group) is 1. The van der Waals surface area contributed by atoms with Crippen molar-refractivity contribution in [1.29, 1.82) is 0 Å². The van der Waals surface area contributed by atoms with Crippen LogP contribution in [-0.4, -0.2) is 28.4 Å². The molecular weight excluding hydrogens is 210 g/mol. The van der Waals surface area contributed by atoms with Gasteiger partial charge in [-0.05, 0) is 14.0 Å². The number of rotatable bonds is 5. The van der Waals surface area contributed by atoms with Crippen LogP contribution in [-0.2, 0) is 11.3 Å². The lowest BCUT2D eigenvalue weighted by Gasteiger charge is -2.15. The van der Waals surface area contributed by atoms with Crippen molar-refractivity contribution in [1.82, 2.24) is 14.9 Å². The van der Waals surface area contributed by atoms with Crippen molar-refractivity contribution in [2.45, 2.75) is 25.9 Å². The standard InChI is InChI=1S/C10H15N3O3/c1-7(14)5-8(11-2)6-13-4-3-9(15)12-10(13)16/h3-4,8,11H,5-6H2,1-2H3,(H,12,15,16)/t8-/m1/s1. The van der Waals surface area contributed by atoms with E-state index in [1.54, 1.807) is 7.05 Å². The van der Waals surface area contributed by atoms with Gasteiger partial charge in [-0.1, -0.05) is 0 Å². The van der Waals surface area contributed by atoms with E-state index in [-0.39, 0.29) is 11.8 Å². The van der Waals surface area contributed by atoms with E-state index < -0.39 is 11.2 Å². The van der Waals surface area contributed by atoms with Gasteiger partial charge in [-0.25, -0.2) is 4.79 Å². The van der Waals surface area contributed by atoms with Gasteiger partial charge in [0.15, 0.2) is 0 Å². The highest BCUT2D eigenvalue weighted by atomic mass is 16.2. The number of Topliss-reactive ketones (excluding diaryl/α,β-unsaturated/α-hetero) is 1. The first kappa shape index (κ1) is 12.4. The summed E-state index contributed by atoms with van der Waals surface area (Å²) in [5.74, 6) is 0.0526. The molecule has 0 fully saturated rings. The predicted molar refractivity (Wildman–Crippen MR) is 59.5 cm³/mol. The largest absolute Gasteiger partial charge is 0.328 e. The molecule has 0 saturated carbocycles. The Labute approximate surface area is 92.3 Å². The van der Waals surface area contributed by atoms with Gasteiger partial charge in [0.1, 0.15) is 5.78 Å². The molecule has 0 spiro atoms. The summed E-state index contributed by atoms with van der Waals surface area (Å²) in [6, 6.07) is 1.17.